The minimum Gasteiger partial charge on any atom is -0.296 e. The van der Waals surface area contributed by atoms with Crippen molar-refractivity contribution in [1.29, 1.82) is 0 Å². The fourth-order valence-electron chi connectivity index (χ4n) is 1.72. The largest absolute Gasteiger partial charge is 0.296 e. The second kappa shape index (κ2) is 4.04. The summed E-state index contributed by atoms with van der Waals surface area (Å²) in [6, 6.07) is 0. The number of hydrogen-bond donors (Lipinski definition) is 1. The zero-order valence-corrected chi connectivity index (χ0v) is 9.20. The smallest absolute Gasteiger partial charge is 0.103 e. The van der Waals surface area contributed by atoms with E-state index in [0.717, 1.165) is 19.5 Å². The Bertz CT molecular complexity index is 212. The summed E-state index contributed by atoms with van der Waals surface area (Å²) in [5, 5.41) is 1.97. The van der Waals surface area contributed by atoms with Crippen molar-refractivity contribution in [3.05, 3.63) is 0 Å². The van der Waals surface area contributed by atoms with E-state index in [9.17, 15) is 0 Å². The number of aliphatic imine (C=N–C) groups is 1. The highest BCUT2D eigenvalue weighted by molar-refractivity contribution is 9.10. The highest BCUT2D eigenvalue weighted by atomic mass is 79.9. The SMILES string of the molecule is CN1CCC2CN=CC(Br)C2ON1. The third-order valence-electron chi connectivity index (χ3n) is 2.55. The van der Waals surface area contributed by atoms with E-state index in [2.05, 4.69) is 26.5 Å². The predicted octanol–water partition coefficient (Wildman–Crippen LogP) is 0.591. The number of hydrazine groups is 1. The fourth-order valence-corrected chi connectivity index (χ4v) is 2.43. The second-order valence-corrected chi connectivity index (χ2v) is 4.66. The van der Waals surface area contributed by atoms with E-state index in [1.807, 2.05) is 18.3 Å². The first-order valence-corrected chi connectivity index (χ1v) is 5.45. The molecule has 0 aromatic heterocycles. The van der Waals surface area contributed by atoms with Crippen LogP contribution in [0.3, 0.4) is 0 Å². The van der Waals surface area contributed by atoms with Crippen LogP contribution in [0.25, 0.3) is 0 Å². The molecule has 0 aromatic carbocycles. The van der Waals surface area contributed by atoms with Gasteiger partial charge in [0.25, 0.3) is 0 Å². The molecule has 0 aliphatic carbocycles. The molecule has 74 valence electrons. The van der Waals surface area contributed by atoms with E-state index in [1.165, 1.54) is 0 Å². The average Bonchev–Trinajstić information content (AvgIpc) is 2.30. The van der Waals surface area contributed by atoms with Crippen LogP contribution in [-0.2, 0) is 4.84 Å². The molecule has 1 saturated heterocycles. The molecule has 0 radical (unpaired) electrons. The van der Waals surface area contributed by atoms with Gasteiger partial charge in [-0.1, -0.05) is 15.9 Å². The third-order valence-corrected chi connectivity index (χ3v) is 3.30. The molecule has 2 aliphatic heterocycles. The molecule has 2 aliphatic rings. The molecule has 2 heterocycles. The molecule has 1 fully saturated rings. The van der Waals surface area contributed by atoms with Crippen LogP contribution in [0, 0.1) is 5.92 Å². The number of fused-ring (bicyclic) bond motifs is 1. The van der Waals surface area contributed by atoms with Gasteiger partial charge in [-0.25, -0.2) is 5.01 Å². The molecule has 4 nitrogen and oxygen atoms in total. The van der Waals surface area contributed by atoms with Gasteiger partial charge in [0.15, 0.2) is 0 Å². The van der Waals surface area contributed by atoms with Gasteiger partial charge in [0, 0.05) is 32.3 Å². The van der Waals surface area contributed by atoms with Crippen molar-refractivity contribution >= 4 is 22.1 Å². The Morgan fingerprint density at radius 3 is 3.38 bits per heavy atom. The summed E-state index contributed by atoms with van der Waals surface area (Å²) in [6.45, 7) is 1.90. The Hall–Kier alpha value is 0.0300. The second-order valence-electron chi connectivity index (χ2n) is 3.60. The minimum absolute atomic E-state index is 0.211. The molecule has 5 heteroatoms. The highest BCUT2D eigenvalue weighted by Gasteiger charge is 2.33. The number of hydrogen-bond acceptors (Lipinski definition) is 4. The van der Waals surface area contributed by atoms with E-state index in [0.29, 0.717) is 5.92 Å². The first-order chi connectivity index (χ1) is 6.27. The van der Waals surface area contributed by atoms with Crippen LogP contribution < -0.4 is 5.59 Å². The molecule has 13 heavy (non-hydrogen) atoms. The normalized spacial score (nSPS) is 41.2. The van der Waals surface area contributed by atoms with Crippen LogP contribution in [-0.4, -0.2) is 42.3 Å². The zero-order chi connectivity index (χ0) is 9.26. The monoisotopic (exact) mass is 247 g/mol. The van der Waals surface area contributed by atoms with Crippen molar-refractivity contribution in [2.45, 2.75) is 17.4 Å². The highest BCUT2D eigenvalue weighted by Crippen LogP contribution is 2.25. The molecular formula is C8H14BrN3O. The van der Waals surface area contributed by atoms with Crippen LogP contribution in [0.1, 0.15) is 6.42 Å². The van der Waals surface area contributed by atoms with Crippen LogP contribution >= 0.6 is 15.9 Å². The van der Waals surface area contributed by atoms with E-state index < -0.39 is 0 Å². The van der Waals surface area contributed by atoms with Crippen LogP contribution in [0.2, 0.25) is 0 Å². The van der Waals surface area contributed by atoms with E-state index in [4.69, 9.17) is 4.84 Å². The molecule has 0 spiro atoms. The molecule has 2 rings (SSSR count). The Morgan fingerprint density at radius 1 is 1.69 bits per heavy atom. The van der Waals surface area contributed by atoms with Gasteiger partial charge in [0.2, 0.25) is 0 Å². The molecule has 0 aromatic rings. The van der Waals surface area contributed by atoms with E-state index in [-0.39, 0.29) is 10.9 Å². The van der Waals surface area contributed by atoms with Gasteiger partial charge < -0.3 is 0 Å². The lowest BCUT2D eigenvalue weighted by atomic mass is 9.94. The van der Waals surface area contributed by atoms with Crippen molar-refractivity contribution in [3.63, 3.8) is 0 Å². The van der Waals surface area contributed by atoms with Crippen molar-refractivity contribution in [1.82, 2.24) is 10.6 Å². The van der Waals surface area contributed by atoms with Gasteiger partial charge in [-0.15, -0.1) is 5.59 Å². The lowest BCUT2D eigenvalue weighted by molar-refractivity contribution is -0.104. The Kier molecular flexibility index (Phi) is 2.98. The molecular weight excluding hydrogens is 234 g/mol. The standard InChI is InChI=1S/C8H14BrN3O/c1-12-3-2-6-4-10-5-7(9)8(6)13-11-12/h5-8,11H,2-4H2,1H3. The van der Waals surface area contributed by atoms with Gasteiger partial charge in [-0.2, -0.15) is 0 Å². The maximum Gasteiger partial charge on any atom is 0.103 e. The molecule has 0 amide bonds. The topological polar surface area (TPSA) is 36.9 Å². The quantitative estimate of drug-likeness (QED) is 0.637. The van der Waals surface area contributed by atoms with Crippen LogP contribution in [0.15, 0.2) is 4.99 Å². The summed E-state index contributed by atoms with van der Waals surface area (Å²) < 4.78 is 0. The summed E-state index contributed by atoms with van der Waals surface area (Å²) >= 11 is 3.55. The first kappa shape index (κ1) is 9.58. The molecule has 0 bridgehead atoms. The summed E-state index contributed by atoms with van der Waals surface area (Å²) in [6.07, 6.45) is 3.27. The van der Waals surface area contributed by atoms with Crippen molar-refractivity contribution < 1.29 is 4.84 Å². The van der Waals surface area contributed by atoms with Gasteiger partial charge >= 0.3 is 0 Å². The van der Waals surface area contributed by atoms with Gasteiger partial charge in [0.1, 0.15) is 6.10 Å². The van der Waals surface area contributed by atoms with Crippen molar-refractivity contribution in [3.8, 4) is 0 Å². The zero-order valence-electron chi connectivity index (χ0n) is 7.61. The van der Waals surface area contributed by atoms with Crippen molar-refractivity contribution in [2.75, 3.05) is 20.1 Å². The number of nitrogens with zero attached hydrogens (tertiary/aromatic N) is 2. The summed E-state index contributed by atoms with van der Waals surface area (Å²) in [5.74, 6) is 0.534. The first-order valence-electron chi connectivity index (χ1n) is 4.54. The molecule has 3 atom stereocenters. The predicted molar refractivity (Wildman–Crippen MR) is 54.8 cm³/mol. The number of rotatable bonds is 0. The number of alkyl halides is 1. The maximum atomic E-state index is 5.57. The Balaban J connectivity index is 2.06. The van der Waals surface area contributed by atoms with Gasteiger partial charge in [0.05, 0.1) is 4.83 Å². The lowest BCUT2D eigenvalue weighted by Gasteiger charge is -2.28. The third kappa shape index (κ3) is 2.10. The number of halogens is 1. The van der Waals surface area contributed by atoms with E-state index in [1.54, 1.807) is 0 Å². The minimum atomic E-state index is 0.211. The van der Waals surface area contributed by atoms with Gasteiger partial charge in [-0.05, 0) is 6.42 Å². The van der Waals surface area contributed by atoms with Crippen LogP contribution in [0.4, 0.5) is 0 Å². The fraction of sp³-hybridized carbons (Fsp3) is 0.875. The van der Waals surface area contributed by atoms with Crippen molar-refractivity contribution in [2.24, 2.45) is 10.9 Å². The number of nitrogens with one attached hydrogen (secondary N) is 1. The molecule has 1 N–H and O–H groups in total. The Labute approximate surface area is 86.4 Å². The summed E-state index contributed by atoms with van der Waals surface area (Å²) in [5.41, 5.74) is 2.92. The molecule has 3 unspecified atom stereocenters. The Morgan fingerprint density at radius 2 is 2.54 bits per heavy atom. The maximum absolute atomic E-state index is 5.57. The van der Waals surface area contributed by atoms with Gasteiger partial charge in [-0.3, -0.25) is 9.83 Å². The van der Waals surface area contributed by atoms with E-state index >= 15 is 0 Å². The molecule has 0 saturated carbocycles. The average molecular weight is 248 g/mol. The summed E-state index contributed by atoms with van der Waals surface area (Å²) in [7, 11) is 1.99. The lowest BCUT2D eigenvalue weighted by Crippen LogP contribution is -2.41. The van der Waals surface area contributed by atoms with Crippen LogP contribution in [0.5, 0.6) is 0 Å². The summed E-state index contributed by atoms with van der Waals surface area (Å²) in [4.78, 5) is 10.1.